The number of aryl methyl sites for hydroxylation is 1. The van der Waals surface area contributed by atoms with Gasteiger partial charge in [-0.15, -0.1) is 0 Å². The number of halogens is 1. The van der Waals surface area contributed by atoms with Crippen LogP contribution in [0.25, 0.3) is 0 Å². The lowest BCUT2D eigenvalue weighted by Gasteiger charge is -2.24. The summed E-state index contributed by atoms with van der Waals surface area (Å²) in [5, 5.41) is 11.8. The number of nitrogens with zero attached hydrogens (tertiary/aromatic N) is 2. The Bertz CT molecular complexity index is 768. The fourth-order valence-electron chi connectivity index (χ4n) is 2.32. The van der Waals surface area contributed by atoms with Crippen LogP contribution in [-0.2, 0) is 13.0 Å². The van der Waals surface area contributed by atoms with Crippen LogP contribution in [0.3, 0.4) is 0 Å². The van der Waals surface area contributed by atoms with Gasteiger partial charge in [0.15, 0.2) is 0 Å². The molecule has 7 nitrogen and oxygen atoms in total. The minimum Gasteiger partial charge on any atom is -0.508 e. The quantitative estimate of drug-likeness (QED) is 0.430. The molecule has 0 unspecified atom stereocenters. The minimum absolute atomic E-state index is 0.0993. The Balaban J connectivity index is 2.30. The van der Waals surface area contributed by atoms with Crippen LogP contribution in [0.4, 0.5) is 10.5 Å². The fourth-order valence-corrected chi connectivity index (χ4v) is 2.55. The predicted octanol–water partition coefficient (Wildman–Crippen LogP) is 2.79. The van der Waals surface area contributed by atoms with Gasteiger partial charge in [-0.1, -0.05) is 24.6 Å². The molecule has 0 aliphatic carbocycles. The summed E-state index contributed by atoms with van der Waals surface area (Å²) in [4.78, 5) is 12.0. The highest BCUT2D eigenvalue weighted by Gasteiger charge is 2.19. The number of hydrogen-bond acceptors (Lipinski definition) is 5. The Labute approximate surface area is 151 Å². The monoisotopic (exact) mass is 364 g/mol. The van der Waals surface area contributed by atoms with Crippen molar-refractivity contribution in [1.82, 2.24) is 5.01 Å². The summed E-state index contributed by atoms with van der Waals surface area (Å²) < 4.78 is 5.85. The first kappa shape index (κ1) is 18.9. The number of benzene rings is 2. The van der Waals surface area contributed by atoms with E-state index >= 15 is 0 Å². The smallest absolute Gasteiger partial charge is 0.352 e. The highest BCUT2D eigenvalue weighted by atomic mass is 35.5. The molecule has 2 rings (SSSR count). The summed E-state index contributed by atoms with van der Waals surface area (Å²) in [5.74, 6) is 12.1. The number of anilines is 1. The molecule has 0 radical (unpaired) electrons. The summed E-state index contributed by atoms with van der Waals surface area (Å²) in [5.41, 5.74) is 1.81. The zero-order valence-corrected chi connectivity index (χ0v) is 14.8. The van der Waals surface area contributed by atoms with Crippen molar-refractivity contribution in [1.29, 1.82) is 0 Å². The van der Waals surface area contributed by atoms with Gasteiger partial charge in [-0.3, -0.25) is 5.01 Å². The van der Waals surface area contributed by atoms with Gasteiger partial charge in [0.1, 0.15) is 18.1 Å². The molecule has 0 aromatic heterocycles. The standard InChI is InChI=1S/C17H21ClN4O3/c1-3-11-9-12(23)7-8-16(11)25-10-13-14(18)5-4-6-15(13)22(20)17(24)21(2)19/h4-9,23H,3,10,19-20H2,1-2H3. The van der Waals surface area contributed by atoms with Crippen molar-refractivity contribution in [3.8, 4) is 11.5 Å². The maximum Gasteiger partial charge on any atom is 0.352 e. The summed E-state index contributed by atoms with van der Waals surface area (Å²) in [6.07, 6.45) is 0.693. The Morgan fingerprint density at radius 3 is 2.64 bits per heavy atom. The van der Waals surface area contributed by atoms with Gasteiger partial charge >= 0.3 is 6.03 Å². The molecule has 0 saturated carbocycles. The third kappa shape index (κ3) is 4.33. The van der Waals surface area contributed by atoms with Crippen molar-refractivity contribution in [2.75, 3.05) is 12.1 Å². The van der Waals surface area contributed by atoms with Gasteiger partial charge in [0, 0.05) is 17.6 Å². The molecule has 2 aromatic rings. The van der Waals surface area contributed by atoms with Crippen LogP contribution in [0.2, 0.25) is 5.02 Å². The molecule has 0 spiro atoms. The molecule has 0 atom stereocenters. The number of hydrazine groups is 2. The van der Waals surface area contributed by atoms with E-state index in [1.165, 1.54) is 7.05 Å². The number of aromatic hydroxyl groups is 1. The highest BCUT2D eigenvalue weighted by Crippen LogP contribution is 2.30. The highest BCUT2D eigenvalue weighted by molar-refractivity contribution is 6.31. The molecule has 0 aliphatic rings. The lowest BCUT2D eigenvalue weighted by atomic mass is 10.1. The molecule has 0 heterocycles. The van der Waals surface area contributed by atoms with Crippen molar-refractivity contribution in [2.24, 2.45) is 11.7 Å². The van der Waals surface area contributed by atoms with Gasteiger partial charge in [-0.2, -0.15) is 0 Å². The Morgan fingerprint density at radius 1 is 1.28 bits per heavy atom. The van der Waals surface area contributed by atoms with Crippen LogP contribution in [-0.4, -0.2) is 23.2 Å². The average Bonchev–Trinajstić information content (AvgIpc) is 2.59. The Hall–Kier alpha value is -2.48. The van der Waals surface area contributed by atoms with Gasteiger partial charge in [-0.25, -0.2) is 21.5 Å². The van der Waals surface area contributed by atoms with E-state index < -0.39 is 6.03 Å². The van der Waals surface area contributed by atoms with Crippen molar-refractivity contribution < 1.29 is 14.6 Å². The number of phenolic OH excluding ortho intramolecular Hbond substituents is 1. The second-order valence-corrected chi connectivity index (χ2v) is 5.84. The van der Waals surface area contributed by atoms with Crippen LogP contribution in [0.15, 0.2) is 36.4 Å². The maximum atomic E-state index is 12.0. The van der Waals surface area contributed by atoms with Crippen molar-refractivity contribution in [3.05, 3.63) is 52.5 Å². The number of ether oxygens (including phenoxy) is 1. The van der Waals surface area contributed by atoms with Crippen molar-refractivity contribution in [3.63, 3.8) is 0 Å². The Kier molecular flexibility index (Phi) is 6.08. The van der Waals surface area contributed by atoms with Gasteiger partial charge < -0.3 is 9.84 Å². The zero-order valence-electron chi connectivity index (χ0n) is 14.1. The van der Waals surface area contributed by atoms with Gasteiger partial charge in [0.05, 0.1) is 5.69 Å². The van der Waals surface area contributed by atoms with Crippen LogP contribution in [0.1, 0.15) is 18.1 Å². The minimum atomic E-state index is -0.595. The van der Waals surface area contributed by atoms with Crippen molar-refractivity contribution >= 4 is 23.3 Å². The second-order valence-electron chi connectivity index (χ2n) is 5.44. The molecule has 2 aromatic carbocycles. The largest absolute Gasteiger partial charge is 0.508 e. The van der Waals surface area contributed by atoms with E-state index in [4.69, 9.17) is 28.0 Å². The van der Waals surface area contributed by atoms with Crippen LogP contribution in [0.5, 0.6) is 11.5 Å². The number of carbonyl (C=O) groups is 1. The lowest BCUT2D eigenvalue weighted by Crippen LogP contribution is -2.49. The van der Waals surface area contributed by atoms with E-state index in [-0.39, 0.29) is 12.4 Å². The molecule has 8 heteroatoms. The molecule has 134 valence electrons. The maximum absolute atomic E-state index is 12.0. The third-order valence-corrected chi connectivity index (χ3v) is 4.01. The number of rotatable bonds is 5. The number of nitrogens with two attached hydrogens (primary N) is 2. The summed E-state index contributed by atoms with van der Waals surface area (Å²) >= 11 is 6.26. The first-order chi connectivity index (χ1) is 11.8. The predicted molar refractivity (Wildman–Crippen MR) is 97.3 cm³/mol. The zero-order chi connectivity index (χ0) is 18.6. The van der Waals surface area contributed by atoms with E-state index in [2.05, 4.69) is 0 Å². The summed E-state index contributed by atoms with van der Waals surface area (Å²) in [6, 6.07) is 9.30. The topological polar surface area (TPSA) is 105 Å². The van der Waals surface area contributed by atoms with Crippen LogP contribution < -0.4 is 21.4 Å². The van der Waals surface area contributed by atoms with Crippen molar-refractivity contribution in [2.45, 2.75) is 20.0 Å². The first-order valence-corrected chi connectivity index (χ1v) is 8.02. The fraction of sp³-hybridized carbons (Fsp3) is 0.235. The van der Waals surface area contributed by atoms with Gasteiger partial charge in [0.25, 0.3) is 0 Å². The molecule has 5 N–H and O–H groups in total. The van der Waals surface area contributed by atoms with E-state index in [1.807, 2.05) is 6.92 Å². The third-order valence-electron chi connectivity index (χ3n) is 3.66. The van der Waals surface area contributed by atoms with E-state index in [0.717, 1.165) is 15.6 Å². The summed E-state index contributed by atoms with van der Waals surface area (Å²) in [7, 11) is 1.40. The number of urea groups is 1. The summed E-state index contributed by atoms with van der Waals surface area (Å²) in [6.45, 7) is 2.06. The number of hydrogen-bond donors (Lipinski definition) is 3. The lowest BCUT2D eigenvalue weighted by molar-refractivity contribution is 0.216. The van der Waals surface area contributed by atoms with Crippen LogP contribution >= 0.6 is 11.6 Å². The second kappa shape index (κ2) is 8.06. The van der Waals surface area contributed by atoms with E-state index in [1.54, 1.807) is 36.4 Å². The SMILES string of the molecule is CCc1cc(O)ccc1OCc1c(Cl)cccc1N(N)C(=O)N(C)N. The number of amides is 2. The number of phenols is 1. The molecule has 25 heavy (non-hydrogen) atoms. The van der Waals surface area contributed by atoms with Gasteiger partial charge in [0.2, 0.25) is 0 Å². The molecule has 2 amide bonds. The first-order valence-electron chi connectivity index (χ1n) is 7.64. The van der Waals surface area contributed by atoms with E-state index in [9.17, 15) is 9.90 Å². The Morgan fingerprint density at radius 2 is 2.00 bits per heavy atom. The molecule has 0 saturated heterocycles. The molecular weight excluding hydrogens is 344 g/mol. The normalized spacial score (nSPS) is 10.4. The molecule has 0 aliphatic heterocycles. The molecule has 0 bridgehead atoms. The van der Waals surface area contributed by atoms with E-state index in [0.29, 0.717) is 28.4 Å². The molecular formula is C17H21ClN4O3. The van der Waals surface area contributed by atoms with Gasteiger partial charge in [-0.05, 0) is 42.3 Å². The molecule has 0 fully saturated rings. The van der Waals surface area contributed by atoms with Crippen LogP contribution in [0, 0.1) is 0 Å². The number of carbonyl (C=O) groups excluding carboxylic acids is 1. The average molecular weight is 365 g/mol.